The molecule has 0 bridgehead atoms. The lowest BCUT2D eigenvalue weighted by Crippen LogP contribution is -2.08. The van der Waals surface area contributed by atoms with Crippen molar-refractivity contribution in [3.05, 3.63) is 52.6 Å². The van der Waals surface area contributed by atoms with Gasteiger partial charge in [-0.2, -0.15) is 0 Å². The van der Waals surface area contributed by atoms with E-state index >= 15 is 0 Å². The van der Waals surface area contributed by atoms with E-state index in [4.69, 9.17) is 15.2 Å². The highest BCUT2D eigenvalue weighted by atomic mass is 16.5. The van der Waals surface area contributed by atoms with Gasteiger partial charge in [0.15, 0.2) is 17.3 Å². The standard InChI is InChI=1S/C17H19NO3/c1-10-5-6-14(18)13(7-10)17(19)12-9-16(21-4)15(20-3)8-11(12)2/h5-9H,18H2,1-4H3. The van der Waals surface area contributed by atoms with Crippen molar-refractivity contribution in [2.45, 2.75) is 13.8 Å². The van der Waals surface area contributed by atoms with Gasteiger partial charge in [-0.1, -0.05) is 11.6 Å². The third-order valence-corrected chi connectivity index (χ3v) is 3.43. The highest BCUT2D eigenvalue weighted by Crippen LogP contribution is 2.32. The number of carbonyl (C=O) groups is 1. The average Bonchev–Trinajstić information content (AvgIpc) is 2.48. The molecule has 21 heavy (non-hydrogen) atoms. The lowest BCUT2D eigenvalue weighted by Gasteiger charge is -2.13. The summed E-state index contributed by atoms with van der Waals surface area (Å²) in [5.41, 5.74) is 9.27. The number of benzene rings is 2. The van der Waals surface area contributed by atoms with Crippen LogP contribution in [0.1, 0.15) is 27.0 Å². The topological polar surface area (TPSA) is 61.5 Å². The molecule has 0 heterocycles. The molecule has 0 aromatic heterocycles. The number of nitrogen functional groups attached to an aromatic ring is 1. The fraction of sp³-hybridized carbons (Fsp3) is 0.235. The summed E-state index contributed by atoms with van der Waals surface area (Å²) in [6.45, 7) is 3.79. The van der Waals surface area contributed by atoms with E-state index in [-0.39, 0.29) is 5.78 Å². The van der Waals surface area contributed by atoms with Gasteiger partial charge >= 0.3 is 0 Å². The third-order valence-electron chi connectivity index (χ3n) is 3.43. The number of ketones is 1. The normalized spacial score (nSPS) is 10.3. The molecule has 2 rings (SSSR count). The van der Waals surface area contributed by atoms with Gasteiger partial charge in [0.1, 0.15) is 0 Å². The fourth-order valence-electron chi connectivity index (χ4n) is 2.24. The van der Waals surface area contributed by atoms with Crippen LogP contribution in [0.4, 0.5) is 5.69 Å². The number of rotatable bonds is 4. The quantitative estimate of drug-likeness (QED) is 0.692. The second-order valence-electron chi connectivity index (χ2n) is 4.94. The highest BCUT2D eigenvalue weighted by molar-refractivity contribution is 6.13. The molecule has 0 aliphatic carbocycles. The van der Waals surface area contributed by atoms with Crippen molar-refractivity contribution >= 4 is 11.5 Å². The molecule has 0 spiro atoms. The van der Waals surface area contributed by atoms with Crippen LogP contribution in [0.3, 0.4) is 0 Å². The first-order valence-electron chi connectivity index (χ1n) is 6.61. The molecule has 110 valence electrons. The Balaban J connectivity index is 2.55. The van der Waals surface area contributed by atoms with Crippen molar-refractivity contribution in [1.82, 2.24) is 0 Å². The number of ether oxygens (including phenoxy) is 2. The molecular weight excluding hydrogens is 266 g/mol. The summed E-state index contributed by atoms with van der Waals surface area (Å²) in [5.74, 6) is 1.01. The van der Waals surface area contributed by atoms with Crippen molar-refractivity contribution in [2.24, 2.45) is 0 Å². The molecule has 0 unspecified atom stereocenters. The van der Waals surface area contributed by atoms with E-state index in [0.717, 1.165) is 11.1 Å². The van der Waals surface area contributed by atoms with Crippen molar-refractivity contribution in [3.8, 4) is 11.5 Å². The molecule has 0 saturated heterocycles. The van der Waals surface area contributed by atoms with Crippen molar-refractivity contribution in [3.63, 3.8) is 0 Å². The van der Waals surface area contributed by atoms with Crippen LogP contribution in [0, 0.1) is 13.8 Å². The molecule has 0 amide bonds. The van der Waals surface area contributed by atoms with E-state index in [1.165, 1.54) is 0 Å². The summed E-state index contributed by atoms with van der Waals surface area (Å²) in [4.78, 5) is 12.7. The molecular formula is C17H19NO3. The highest BCUT2D eigenvalue weighted by Gasteiger charge is 2.18. The molecule has 0 radical (unpaired) electrons. The lowest BCUT2D eigenvalue weighted by molar-refractivity contribution is 0.103. The number of anilines is 1. The predicted octanol–water partition coefficient (Wildman–Crippen LogP) is 3.13. The summed E-state index contributed by atoms with van der Waals surface area (Å²) in [6, 6.07) is 8.91. The maximum atomic E-state index is 12.7. The summed E-state index contributed by atoms with van der Waals surface area (Å²) in [5, 5.41) is 0. The van der Waals surface area contributed by atoms with Crippen LogP contribution in [0.25, 0.3) is 0 Å². The minimum Gasteiger partial charge on any atom is -0.493 e. The molecule has 4 heteroatoms. The molecule has 0 atom stereocenters. The van der Waals surface area contributed by atoms with Crippen molar-refractivity contribution in [1.29, 1.82) is 0 Å². The number of nitrogens with two attached hydrogens (primary N) is 1. The van der Waals surface area contributed by atoms with Crippen LogP contribution in [0.15, 0.2) is 30.3 Å². The Kier molecular flexibility index (Phi) is 4.17. The molecule has 0 aliphatic heterocycles. The SMILES string of the molecule is COc1cc(C)c(C(=O)c2cc(C)ccc2N)cc1OC. The first kappa shape index (κ1) is 14.9. The second-order valence-corrected chi connectivity index (χ2v) is 4.94. The van der Waals surface area contributed by atoms with Gasteiger partial charge in [-0.15, -0.1) is 0 Å². The molecule has 2 aromatic rings. The van der Waals surface area contributed by atoms with E-state index in [0.29, 0.717) is 28.3 Å². The molecule has 2 N–H and O–H groups in total. The summed E-state index contributed by atoms with van der Waals surface area (Å²) >= 11 is 0. The van der Waals surface area contributed by atoms with Gasteiger partial charge in [0.2, 0.25) is 0 Å². The van der Waals surface area contributed by atoms with E-state index in [1.54, 1.807) is 38.5 Å². The zero-order valence-corrected chi connectivity index (χ0v) is 12.7. The van der Waals surface area contributed by atoms with Crippen molar-refractivity contribution in [2.75, 3.05) is 20.0 Å². The maximum absolute atomic E-state index is 12.7. The van der Waals surface area contributed by atoms with E-state index in [9.17, 15) is 4.79 Å². The maximum Gasteiger partial charge on any atom is 0.195 e. The van der Waals surface area contributed by atoms with Crippen LogP contribution in [-0.4, -0.2) is 20.0 Å². The lowest BCUT2D eigenvalue weighted by atomic mass is 9.96. The molecule has 4 nitrogen and oxygen atoms in total. The van der Waals surface area contributed by atoms with Crippen molar-refractivity contribution < 1.29 is 14.3 Å². The third kappa shape index (κ3) is 2.84. The minimum absolute atomic E-state index is 0.116. The molecule has 2 aromatic carbocycles. The van der Waals surface area contributed by atoms with Gasteiger partial charge < -0.3 is 15.2 Å². The van der Waals surface area contributed by atoms with Crippen LogP contribution in [0.2, 0.25) is 0 Å². The van der Waals surface area contributed by atoms with Crippen LogP contribution in [0.5, 0.6) is 11.5 Å². The van der Waals surface area contributed by atoms with E-state index < -0.39 is 0 Å². The monoisotopic (exact) mass is 285 g/mol. The van der Waals surface area contributed by atoms with Gasteiger partial charge in [-0.3, -0.25) is 4.79 Å². The van der Waals surface area contributed by atoms with Gasteiger partial charge in [-0.05, 0) is 43.7 Å². The largest absolute Gasteiger partial charge is 0.493 e. The number of hydrogen-bond acceptors (Lipinski definition) is 4. The summed E-state index contributed by atoms with van der Waals surface area (Å²) < 4.78 is 10.5. The fourth-order valence-corrected chi connectivity index (χ4v) is 2.24. The second kappa shape index (κ2) is 5.87. The Labute approximate surface area is 124 Å². The Morgan fingerprint density at radius 1 is 0.952 bits per heavy atom. The molecule has 0 saturated carbocycles. The van der Waals surface area contributed by atoms with Crippen LogP contribution >= 0.6 is 0 Å². The number of carbonyl (C=O) groups excluding carboxylic acids is 1. The number of hydrogen-bond donors (Lipinski definition) is 1. The van der Waals surface area contributed by atoms with Crippen LogP contribution < -0.4 is 15.2 Å². The smallest absolute Gasteiger partial charge is 0.195 e. The Morgan fingerprint density at radius 2 is 1.57 bits per heavy atom. The van der Waals surface area contributed by atoms with Crippen LogP contribution in [-0.2, 0) is 0 Å². The predicted molar refractivity (Wildman–Crippen MR) is 83.3 cm³/mol. The number of aryl methyl sites for hydroxylation is 2. The zero-order chi connectivity index (χ0) is 15.6. The zero-order valence-electron chi connectivity index (χ0n) is 12.7. The first-order chi connectivity index (χ1) is 9.97. The average molecular weight is 285 g/mol. The molecule has 0 aliphatic rings. The molecule has 0 fully saturated rings. The van der Waals surface area contributed by atoms with E-state index in [2.05, 4.69) is 0 Å². The minimum atomic E-state index is -0.116. The van der Waals surface area contributed by atoms with E-state index in [1.807, 2.05) is 19.9 Å². The Bertz CT molecular complexity index is 693. The Morgan fingerprint density at radius 3 is 2.19 bits per heavy atom. The number of methoxy groups -OCH3 is 2. The summed E-state index contributed by atoms with van der Waals surface area (Å²) in [7, 11) is 3.11. The summed E-state index contributed by atoms with van der Waals surface area (Å²) in [6.07, 6.45) is 0. The van der Waals surface area contributed by atoms with Gasteiger partial charge in [0.05, 0.1) is 14.2 Å². The van der Waals surface area contributed by atoms with Gasteiger partial charge in [-0.25, -0.2) is 0 Å². The van der Waals surface area contributed by atoms with Gasteiger partial charge in [0.25, 0.3) is 0 Å². The Hall–Kier alpha value is -2.49. The first-order valence-corrected chi connectivity index (χ1v) is 6.61. The van der Waals surface area contributed by atoms with Gasteiger partial charge in [0, 0.05) is 16.8 Å².